The number of nitrogens with zero attached hydrogens (tertiary/aromatic N) is 2. The van der Waals surface area contributed by atoms with Crippen LogP contribution in [0.3, 0.4) is 0 Å². The van der Waals surface area contributed by atoms with E-state index in [0.29, 0.717) is 31.9 Å². The quantitative estimate of drug-likeness (QED) is 0.690. The van der Waals surface area contributed by atoms with Gasteiger partial charge in [0.1, 0.15) is 11.4 Å². The van der Waals surface area contributed by atoms with Crippen molar-refractivity contribution in [3.05, 3.63) is 58.4 Å². The predicted molar refractivity (Wildman–Crippen MR) is 111 cm³/mol. The molecule has 28 heavy (non-hydrogen) atoms. The van der Waals surface area contributed by atoms with Crippen LogP contribution >= 0.6 is 11.3 Å². The maximum absolute atomic E-state index is 12.8. The van der Waals surface area contributed by atoms with E-state index in [9.17, 15) is 9.59 Å². The van der Waals surface area contributed by atoms with Gasteiger partial charge in [-0.05, 0) is 35.7 Å². The van der Waals surface area contributed by atoms with Gasteiger partial charge in [-0.25, -0.2) is 0 Å². The zero-order valence-corrected chi connectivity index (χ0v) is 16.4. The number of aromatic amines is 1. The van der Waals surface area contributed by atoms with Crippen LogP contribution < -0.4 is 4.74 Å². The zero-order chi connectivity index (χ0) is 19.5. The van der Waals surface area contributed by atoms with Gasteiger partial charge < -0.3 is 19.5 Å². The molecule has 7 heteroatoms. The van der Waals surface area contributed by atoms with E-state index in [1.54, 1.807) is 34.3 Å². The largest absolute Gasteiger partial charge is 0.497 e. The summed E-state index contributed by atoms with van der Waals surface area (Å²) in [6, 6.07) is 11.5. The summed E-state index contributed by atoms with van der Waals surface area (Å²) in [6.45, 7) is 2.12. The summed E-state index contributed by atoms with van der Waals surface area (Å²) in [4.78, 5) is 33.0. The molecular weight excluding hydrogens is 374 g/mol. The Kier molecular flexibility index (Phi) is 5.16. The molecule has 3 aromatic rings. The molecule has 1 aliphatic rings. The molecule has 2 aromatic heterocycles. The number of fused-ring (bicyclic) bond motifs is 1. The van der Waals surface area contributed by atoms with E-state index >= 15 is 0 Å². The molecule has 4 rings (SSSR count). The highest BCUT2D eigenvalue weighted by atomic mass is 32.1. The summed E-state index contributed by atoms with van der Waals surface area (Å²) in [5.41, 5.74) is 1.43. The summed E-state index contributed by atoms with van der Waals surface area (Å²) in [7, 11) is 1.62. The van der Waals surface area contributed by atoms with Gasteiger partial charge in [0, 0.05) is 54.1 Å². The number of carbonyl (C=O) groups excluding carboxylic acids is 2. The molecule has 0 unspecified atom stereocenters. The Morgan fingerprint density at radius 3 is 2.61 bits per heavy atom. The maximum atomic E-state index is 12.8. The van der Waals surface area contributed by atoms with Crippen LogP contribution in [0.5, 0.6) is 5.75 Å². The number of benzene rings is 1. The average molecular weight is 395 g/mol. The van der Waals surface area contributed by atoms with Gasteiger partial charge in [0.05, 0.1) is 7.11 Å². The molecule has 0 saturated carbocycles. The summed E-state index contributed by atoms with van der Waals surface area (Å²) < 4.78 is 5.23. The first-order chi connectivity index (χ1) is 13.6. The van der Waals surface area contributed by atoms with Crippen molar-refractivity contribution in [3.8, 4) is 5.75 Å². The minimum atomic E-state index is -0.0450. The van der Waals surface area contributed by atoms with E-state index in [1.165, 1.54) is 0 Å². The lowest BCUT2D eigenvalue weighted by molar-refractivity contribution is -0.127. The predicted octanol–water partition coefficient (Wildman–Crippen LogP) is 3.24. The second kappa shape index (κ2) is 7.90. The topological polar surface area (TPSA) is 65.6 Å². The first-order valence-corrected chi connectivity index (χ1v) is 9.98. The highest BCUT2D eigenvalue weighted by molar-refractivity contribution is 7.10. The van der Waals surface area contributed by atoms with Crippen LogP contribution in [-0.4, -0.2) is 59.9 Å². The second-order valence-corrected chi connectivity index (χ2v) is 7.58. The van der Waals surface area contributed by atoms with Gasteiger partial charge in [-0.15, -0.1) is 11.3 Å². The van der Waals surface area contributed by atoms with Crippen LogP contribution in [0.1, 0.15) is 15.4 Å². The number of rotatable bonds is 4. The van der Waals surface area contributed by atoms with Gasteiger partial charge in [-0.3, -0.25) is 9.59 Å². The molecule has 0 atom stereocenters. The van der Waals surface area contributed by atoms with E-state index in [1.807, 2.05) is 47.9 Å². The highest BCUT2D eigenvalue weighted by Gasteiger charge is 2.25. The zero-order valence-electron chi connectivity index (χ0n) is 15.6. The Bertz CT molecular complexity index is 1010. The number of hydrogen-bond acceptors (Lipinski definition) is 4. The molecule has 6 nitrogen and oxygen atoms in total. The molecule has 0 spiro atoms. The third-order valence-corrected chi connectivity index (χ3v) is 5.71. The minimum absolute atomic E-state index is 0.0155. The lowest BCUT2D eigenvalue weighted by atomic mass is 10.2. The monoisotopic (exact) mass is 395 g/mol. The summed E-state index contributed by atoms with van der Waals surface area (Å²) in [6.07, 6.45) is 3.44. The van der Waals surface area contributed by atoms with E-state index in [2.05, 4.69) is 4.98 Å². The van der Waals surface area contributed by atoms with E-state index in [-0.39, 0.29) is 11.8 Å². The third-order valence-electron chi connectivity index (χ3n) is 4.87. The number of ether oxygens (including phenoxy) is 1. The summed E-state index contributed by atoms with van der Waals surface area (Å²) in [5.74, 6) is 0.686. The molecule has 1 aliphatic heterocycles. The molecule has 3 heterocycles. The molecule has 144 valence electrons. The van der Waals surface area contributed by atoms with Crippen LogP contribution in [0.15, 0.2) is 47.9 Å². The number of carbonyl (C=O) groups is 2. The lowest BCUT2D eigenvalue weighted by Crippen LogP contribution is -2.50. The molecule has 2 amide bonds. The standard InChI is InChI=1S/C21H21N3O3S/c1-27-16-5-4-15-13-19(22-18(15)14-16)21(26)24-10-8-23(9-11-24)20(25)7-6-17-3-2-12-28-17/h2-7,12-14,22H,8-11H2,1H3/b7-6+. The van der Waals surface area contributed by atoms with Crippen molar-refractivity contribution in [2.24, 2.45) is 0 Å². The molecule has 1 saturated heterocycles. The van der Waals surface area contributed by atoms with Crippen LogP contribution in [0, 0.1) is 0 Å². The number of nitrogens with one attached hydrogen (secondary N) is 1. The Labute approximate surface area is 167 Å². The fourth-order valence-electron chi connectivity index (χ4n) is 3.29. The van der Waals surface area contributed by atoms with Gasteiger partial charge in [-0.1, -0.05) is 6.07 Å². The molecule has 0 aliphatic carbocycles. The Morgan fingerprint density at radius 1 is 1.11 bits per heavy atom. The van der Waals surface area contributed by atoms with Gasteiger partial charge in [0.2, 0.25) is 5.91 Å². The van der Waals surface area contributed by atoms with Crippen molar-refractivity contribution in [3.63, 3.8) is 0 Å². The number of piperazine rings is 1. The normalized spacial score (nSPS) is 14.8. The van der Waals surface area contributed by atoms with Crippen molar-refractivity contribution < 1.29 is 14.3 Å². The molecular formula is C21H21N3O3S. The summed E-state index contributed by atoms with van der Waals surface area (Å²) in [5, 5.41) is 2.95. The van der Waals surface area contributed by atoms with Crippen molar-refractivity contribution in [1.82, 2.24) is 14.8 Å². The van der Waals surface area contributed by atoms with Crippen LogP contribution in [0.2, 0.25) is 0 Å². The number of amides is 2. The Balaban J connectivity index is 1.38. The molecule has 0 radical (unpaired) electrons. The second-order valence-electron chi connectivity index (χ2n) is 6.60. The molecule has 0 bridgehead atoms. The van der Waals surface area contributed by atoms with Gasteiger partial charge in [0.15, 0.2) is 0 Å². The van der Waals surface area contributed by atoms with Crippen molar-refractivity contribution in [2.75, 3.05) is 33.3 Å². The third kappa shape index (κ3) is 3.80. The maximum Gasteiger partial charge on any atom is 0.270 e. The SMILES string of the molecule is COc1ccc2cc(C(=O)N3CCN(C(=O)/C=C/c4cccs4)CC3)[nH]c2c1. The molecule has 1 fully saturated rings. The van der Waals surface area contributed by atoms with Gasteiger partial charge >= 0.3 is 0 Å². The van der Waals surface area contributed by atoms with Crippen LogP contribution in [-0.2, 0) is 4.79 Å². The summed E-state index contributed by atoms with van der Waals surface area (Å²) >= 11 is 1.60. The number of thiophene rings is 1. The number of aromatic nitrogens is 1. The first-order valence-electron chi connectivity index (χ1n) is 9.10. The smallest absolute Gasteiger partial charge is 0.270 e. The van der Waals surface area contributed by atoms with Crippen LogP contribution in [0.25, 0.3) is 17.0 Å². The molecule has 1 aromatic carbocycles. The Hall–Kier alpha value is -3.06. The van der Waals surface area contributed by atoms with Gasteiger partial charge in [0.25, 0.3) is 5.91 Å². The average Bonchev–Trinajstić information content (AvgIpc) is 3.40. The van der Waals surface area contributed by atoms with Crippen molar-refractivity contribution in [2.45, 2.75) is 0 Å². The van der Waals surface area contributed by atoms with E-state index in [4.69, 9.17) is 4.74 Å². The highest BCUT2D eigenvalue weighted by Crippen LogP contribution is 2.22. The van der Waals surface area contributed by atoms with E-state index < -0.39 is 0 Å². The number of H-pyrrole nitrogens is 1. The molecule has 1 N–H and O–H groups in total. The van der Waals surface area contributed by atoms with Crippen molar-refractivity contribution >= 4 is 40.1 Å². The Morgan fingerprint density at radius 2 is 1.89 bits per heavy atom. The fraction of sp³-hybridized carbons (Fsp3) is 0.238. The lowest BCUT2D eigenvalue weighted by Gasteiger charge is -2.34. The van der Waals surface area contributed by atoms with E-state index in [0.717, 1.165) is 21.5 Å². The fourth-order valence-corrected chi connectivity index (χ4v) is 3.91. The van der Waals surface area contributed by atoms with Crippen molar-refractivity contribution in [1.29, 1.82) is 0 Å². The van der Waals surface area contributed by atoms with Crippen LogP contribution in [0.4, 0.5) is 0 Å². The van der Waals surface area contributed by atoms with Gasteiger partial charge in [-0.2, -0.15) is 0 Å². The number of hydrogen-bond donors (Lipinski definition) is 1. The first kappa shape index (κ1) is 18.3. The minimum Gasteiger partial charge on any atom is -0.497 e. The number of methoxy groups -OCH3 is 1.